The van der Waals surface area contributed by atoms with Crippen molar-refractivity contribution in [2.24, 2.45) is 0 Å². The topological polar surface area (TPSA) is 38.3 Å². The van der Waals surface area contributed by atoms with E-state index in [9.17, 15) is 4.79 Å². The molecule has 14 heavy (non-hydrogen) atoms. The van der Waals surface area contributed by atoms with E-state index < -0.39 is 0 Å². The van der Waals surface area contributed by atoms with Crippen molar-refractivity contribution in [1.82, 2.24) is 5.32 Å². The van der Waals surface area contributed by atoms with Gasteiger partial charge >= 0.3 is 0 Å². The Balaban J connectivity index is 2.43. The van der Waals surface area contributed by atoms with E-state index in [1.807, 2.05) is 37.1 Å². The fourth-order valence-electron chi connectivity index (χ4n) is 1.62. The molecule has 1 aromatic rings. The molecule has 0 saturated carbocycles. The average Bonchev–Trinajstić information content (AvgIpc) is 2.58. The lowest BCUT2D eigenvalue weighted by molar-refractivity contribution is 0.0545. The lowest BCUT2D eigenvalue weighted by Crippen LogP contribution is -2.15. The van der Waals surface area contributed by atoms with Crippen molar-refractivity contribution in [3.8, 4) is 0 Å². The van der Waals surface area contributed by atoms with Gasteiger partial charge in [0.15, 0.2) is 12.2 Å². The second kappa shape index (κ2) is 3.66. The largest absolute Gasteiger partial charge is 0.354 e. The number of benzene rings is 1. The summed E-state index contributed by atoms with van der Waals surface area (Å²) >= 11 is 0. The number of carbonyl (C=O) groups excluding carboxylic acids is 1. The molecule has 2 rings (SSSR count). The van der Waals surface area contributed by atoms with Crippen LogP contribution in [0.3, 0.4) is 0 Å². The zero-order valence-corrected chi connectivity index (χ0v) is 7.91. The minimum atomic E-state index is -0.201. The highest BCUT2D eigenvalue weighted by Gasteiger charge is 2.25. The van der Waals surface area contributed by atoms with Crippen LogP contribution in [0.2, 0.25) is 0 Å². The first-order valence-electron chi connectivity index (χ1n) is 4.59. The summed E-state index contributed by atoms with van der Waals surface area (Å²) in [5, 5.41) is 2.98. The van der Waals surface area contributed by atoms with Crippen LogP contribution in [0.25, 0.3) is 5.70 Å². The van der Waals surface area contributed by atoms with Gasteiger partial charge in [-0.15, -0.1) is 0 Å². The van der Waals surface area contributed by atoms with E-state index in [-0.39, 0.29) is 6.23 Å². The Hall–Kier alpha value is -1.57. The Morgan fingerprint density at radius 1 is 1.50 bits per heavy atom. The third-order valence-corrected chi connectivity index (χ3v) is 2.22. The van der Waals surface area contributed by atoms with Crippen molar-refractivity contribution >= 4 is 11.6 Å². The Bertz CT molecular complexity index is 394. The van der Waals surface area contributed by atoms with Crippen LogP contribution in [-0.2, 0) is 9.53 Å². The van der Waals surface area contributed by atoms with Gasteiger partial charge in [-0.2, -0.15) is 0 Å². The van der Waals surface area contributed by atoms with Gasteiger partial charge in [0.25, 0.3) is 0 Å². The lowest BCUT2D eigenvalue weighted by Gasteiger charge is -2.11. The summed E-state index contributed by atoms with van der Waals surface area (Å²) in [6.45, 7) is 2.53. The van der Waals surface area contributed by atoms with Gasteiger partial charge < -0.3 is 10.1 Å². The summed E-state index contributed by atoms with van der Waals surface area (Å²) in [6, 6.07) is 7.67. The maximum absolute atomic E-state index is 10.6. The predicted octanol–water partition coefficient (Wildman–Crippen LogP) is 1.50. The summed E-state index contributed by atoms with van der Waals surface area (Å²) in [5.74, 6) is 1.88. The van der Waals surface area contributed by atoms with Crippen molar-refractivity contribution in [2.45, 2.75) is 13.2 Å². The lowest BCUT2D eigenvalue weighted by atomic mass is 10.1. The SMILES string of the molecule is CCOC1NC(=C=O)c2ccccc21. The smallest absolute Gasteiger partial charge is 0.155 e. The van der Waals surface area contributed by atoms with Crippen LogP contribution in [0, 0.1) is 0 Å². The highest BCUT2D eigenvalue weighted by atomic mass is 16.5. The molecule has 0 aromatic heterocycles. The minimum Gasteiger partial charge on any atom is -0.354 e. The van der Waals surface area contributed by atoms with Crippen LogP contribution < -0.4 is 5.32 Å². The Labute approximate surface area is 82.4 Å². The molecule has 0 aliphatic carbocycles. The Morgan fingerprint density at radius 3 is 3.00 bits per heavy atom. The van der Waals surface area contributed by atoms with Crippen molar-refractivity contribution in [1.29, 1.82) is 0 Å². The third kappa shape index (κ3) is 1.33. The van der Waals surface area contributed by atoms with Gasteiger partial charge in [0.1, 0.15) is 5.70 Å². The van der Waals surface area contributed by atoms with Crippen molar-refractivity contribution in [2.75, 3.05) is 6.61 Å². The van der Waals surface area contributed by atoms with Crippen LogP contribution in [0.1, 0.15) is 24.3 Å². The van der Waals surface area contributed by atoms with E-state index in [0.29, 0.717) is 12.3 Å². The molecule has 1 atom stereocenters. The van der Waals surface area contributed by atoms with Crippen molar-refractivity contribution < 1.29 is 9.53 Å². The first kappa shape index (κ1) is 9.00. The fraction of sp³-hybridized carbons (Fsp3) is 0.273. The number of ether oxygens (including phenoxy) is 1. The molecule has 3 nitrogen and oxygen atoms in total. The van der Waals surface area contributed by atoms with Gasteiger partial charge in [0.2, 0.25) is 0 Å². The zero-order valence-electron chi connectivity index (χ0n) is 7.91. The summed E-state index contributed by atoms with van der Waals surface area (Å²) in [4.78, 5) is 10.6. The van der Waals surface area contributed by atoms with Crippen LogP contribution in [0.5, 0.6) is 0 Å². The molecule has 0 bridgehead atoms. The third-order valence-electron chi connectivity index (χ3n) is 2.22. The molecular formula is C11H11NO2. The minimum absolute atomic E-state index is 0.201. The maximum atomic E-state index is 10.6. The fourth-order valence-corrected chi connectivity index (χ4v) is 1.62. The van der Waals surface area contributed by atoms with E-state index in [4.69, 9.17) is 4.74 Å². The number of hydrogen-bond acceptors (Lipinski definition) is 3. The molecule has 1 heterocycles. The van der Waals surface area contributed by atoms with Gasteiger partial charge in [0, 0.05) is 17.7 Å². The van der Waals surface area contributed by atoms with Gasteiger partial charge in [0.05, 0.1) is 0 Å². The second-order valence-corrected chi connectivity index (χ2v) is 3.04. The standard InChI is InChI=1S/C11H11NO2/c1-2-14-11-9-6-4-3-5-8(9)10(7-13)12-11/h3-6,11-12H,2H2,1H3. The summed E-state index contributed by atoms with van der Waals surface area (Å²) < 4.78 is 5.45. The molecule has 0 saturated heterocycles. The van der Waals surface area contributed by atoms with Crippen LogP contribution in [-0.4, -0.2) is 12.5 Å². The normalized spacial score (nSPS) is 18.6. The van der Waals surface area contributed by atoms with E-state index >= 15 is 0 Å². The van der Waals surface area contributed by atoms with E-state index in [1.165, 1.54) is 0 Å². The molecule has 3 heteroatoms. The van der Waals surface area contributed by atoms with Crippen LogP contribution >= 0.6 is 0 Å². The highest BCUT2D eigenvalue weighted by molar-refractivity contribution is 5.89. The van der Waals surface area contributed by atoms with Gasteiger partial charge in [-0.3, -0.25) is 0 Å². The quantitative estimate of drug-likeness (QED) is 0.716. The number of hydrogen-bond donors (Lipinski definition) is 1. The van der Waals surface area contributed by atoms with Crippen molar-refractivity contribution in [3.05, 3.63) is 35.4 Å². The number of nitrogens with one attached hydrogen (secondary N) is 1. The molecule has 72 valence electrons. The Morgan fingerprint density at radius 2 is 2.29 bits per heavy atom. The molecule has 1 aliphatic rings. The summed E-state index contributed by atoms with van der Waals surface area (Å²) in [5.41, 5.74) is 2.38. The average molecular weight is 189 g/mol. The predicted molar refractivity (Wildman–Crippen MR) is 53.0 cm³/mol. The van der Waals surface area contributed by atoms with Crippen molar-refractivity contribution in [3.63, 3.8) is 0 Å². The van der Waals surface area contributed by atoms with E-state index in [2.05, 4.69) is 5.32 Å². The summed E-state index contributed by atoms with van der Waals surface area (Å²) in [6.07, 6.45) is -0.201. The molecule has 0 amide bonds. The van der Waals surface area contributed by atoms with Gasteiger partial charge in [-0.1, -0.05) is 24.3 Å². The highest BCUT2D eigenvalue weighted by Crippen LogP contribution is 2.31. The first-order chi connectivity index (χ1) is 6.86. The molecule has 0 spiro atoms. The monoisotopic (exact) mass is 189 g/mol. The van der Waals surface area contributed by atoms with E-state index in [0.717, 1.165) is 11.1 Å². The molecule has 1 N–H and O–H groups in total. The van der Waals surface area contributed by atoms with Crippen LogP contribution in [0.4, 0.5) is 0 Å². The first-order valence-corrected chi connectivity index (χ1v) is 4.59. The van der Waals surface area contributed by atoms with Gasteiger partial charge in [-0.25, -0.2) is 4.79 Å². The van der Waals surface area contributed by atoms with Crippen LogP contribution in [0.15, 0.2) is 24.3 Å². The second-order valence-electron chi connectivity index (χ2n) is 3.04. The molecule has 1 unspecified atom stereocenters. The molecule has 0 radical (unpaired) electrons. The zero-order chi connectivity index (χ0) is 9.97. The molecular weight excluding hydrogens is 178 g/mol. The molecule has 0 fully saturated rings. The molecule has 1 aliphatic heterocycles. The Kier molecular flexibility index (Phi) is 2.35. The number of rotatable bonds is 2. The van der Waals surface area contributed by atoms with Gasteiger partial charge in [-0.05, 0) is 6.92 Å². The maximum Gasteiger partial charge on any atom is 0.155 e. The van der Waals surface area contributed by atoms with E-state index in [1.54, 1.807) is 0 Å². The molecule has 1 aromatic carbocycles. The summed E-state index contributed by atoms with van der Waals surface area (Å²) in [7, 11) is 0. The number of fused-ring (bicyclic) bond motifs is 1.